The van der Waals surface area contributed by atoms with E-state index < -0.39 is 0 Å². The first-order valence-corrected chi connectivity index (χ1v) is 12.1. The highest BCUT2D eigenvalue weighted by atomic mass is 35.5. The highest BCUT2D eigenvalue weighted by Gasteiger charge is 2.34. The number of para-hydroxylation sites is 1. The molecule has 3 aromatic carbocycles. The first-order valence-electron chi connectivity index (χ1n) is 11.7. The lowest BCUT2D eigenvalue weighted by Gasteiger charge is -2.07. The summed E-state index contributed by atoms with van der Waals surface area (Å²) in [4.78, 5) is 31.2. The average Bonchev–Trinajstić information content (AvgIpc) is 3.55. The van der Waals surface area contributed by atoms with Gasteiger partial charge in [-0.2, -0.15) is 10.2 Å². The van der Waals surface area contributed by atoms with Crippen LogP contribution in [0.2, 0.25) is 5.02 Å². The van der Waals surface area contributed by atoms with Crippen LogP contribution in [0.25, 0.3) is 34.4 Å². The van der Waals surface area contributed by atoms with Crippen LogP contribution in [0.1, 0.15) is 44.5 Å². The number of hydrogen-bond donors (Lipinski definition) is 0. The Balaban J connectivity index is 1.50. The summed E-state index contributed by atoms with van der Waals surface area (Å²) >= 11 is 6.33. The summed E-state index contributed by atoms with van der Waals surface area (Å²) in [5.41, 5.74) is 5.31. The van der Waals surface area contributed by atoms with Gasteiger partial charge in [0.15, 0.2) is 22.8 Å². The van der Waals surface area contributed by atoms with Gasteiger partial charge in [-0.1, -0.05) is 36.7 Å². The van der Waals surface area contributed by atoms with Crippen molar-refractivity contribution < 1.29 is 14.0 Å². The number of Topliss-reactive ketones (excluding diaryl/α,β-unsaturated/α-hetero) is 2. The number of aryl methyl sites for hydroxylation is 1. The van der Waals surface area contributed by atoms with Gasteiger partial charge in [-0.3, -0.25) is 14.2 Å². The molecule has 1 aliphatic carbocycles. The van der Waals surface area contributed by atoms with E-state index in [0.29, 0.717) is 50.9 Å². The number of carbonyl (C=O) groups is 2. The number of carbonyl (C=O) groups excluding carboxylic acids is 2. The molecule has 0 amide bonds. The molecule has 7 heteroatoms. The molecular weight excluding hydrogens is 486 g/mol. The number of benzene rings is 3. The van der Waals surface area contributed by atoms with Gasteiger partial charge in [0, 0.05) is 33.5 Å². The quantitative estimate of drug-likeness (QED) is 0.198. The first-order chi connectivity index (χ1) is 18.0. The van der Waals surface area contributed by atoms with Gasteiger partial charge in [-0.25, -0.2) is 0 Å². The van der Waals surface area contributed by atoms with E-state index in [1.165, 1.54) is 0 Å². The van der Waals surface area contributed by atoms with Gasteiger partial charge in [0.1, 0.15) is 0 Å². The minimum atomic E-state index is -0.354. The van der Waals surface area contributed by atoms with Crippen molar-refractivity contribution in [1.29, 1.82) is 5.26 Å². The molecule has 0 saturated heterocycles. The Labute approximate surface area is 217 Å². The van der Waals surface area contributed by atoms with E-state index in [0.717, 1.165) is 16.8 Å². The third kappa shape index (κ3) is 3.68. The summed E-state index contributed by atoms with van der Waals surface area (Å²) in [6.45, 7) is 1.95. The van der Waals surface area contributed by atoms with Gasteiger partial charge in [-0.05, 0) is 66.6 Å². The molecule has 0 spiro atoms. The standard InChI is InChI=1S/C30H18ClN3O3/c1-2-18-12-22-23(15-25(18)31)28(36)24(27(22)35)13-21-14-26-29(34(21)20-6-4-3-5-7-20)33-30(37-26)19-10-8-17(16-32)9-11-19/h3-15H,2H2,1H3/b24-13+. The average molecular weight is 504 g/mol. The van der Waals surface area contributed by atoms with Gasteiger partial charge >= 0.3 is 0 Å². The summed E-state index contributed by atoms with van der Waals surface area (Å²) in [6, 6.07) is 23.7. The second-order valence-corrected chi connectivity index (χ2v) is 9.10. The van der Waals surface area contributed by atoms with Crippen molar-refractivity contribution in [2.45, 2.75) is 13.3 Å². The summed E-state index contributed by atoms with van der Waals surface area (Å²) in [6.07, 6.45) is 2.25. The minimum Gasteiger partial charge on any atom is -0.434 e. The maximum absolute atomic E-state index is 13.3. The van der Waals surface area contributed by atoms with Crippen molar-refractivity contribution in [3.8, 4) is 23.2 Å². The molecule has 0 radical (unpaired) electrons. The van der Waals surface area contributed by atoms with Gasteiger partial charge in [0.05, 0.1) is 22.9 Å². The van der Waals surface area contributed by atoms with Crippen molar-refractivity contribution in [2.24, 2.45) is 0 Å². The van der Waals surface area contributed by atoms with Gasteiger partial charge in [0.2, 0.25) is 5.89 Å². The highest BCUT2D eigenvalue weighted by Crippen LogP contribution is 2.35. The number of nitrogens with zero attached hydrogens (tertiary/aromatic N) is 3. The monoisotopic (exact) mass is 503 g/mol. The molecule has 37 heavy (non-hydrogen) atoms. The first kappa shape index (κ1) is 22.7. The third-order valence-corrected chi connectivity index (χ3v) is 6.85. The van der Waals surface area contributed by atoms with E-state index in [4.69, 9.17) is 26.3 Å². The van der Waals surface area contributed by atoms with Crippen LogP contribution < -0.4 is 0 Å². The number of aromatic nitrogens is 2. The van der Waals surface area contributed by atoms with Gasteiger partial charge < -0.3 is 4.42 Å². The Hall–Kier alpha value is -4.73. The summed E-state index contributed by atoms with van der Waals surface area (Å²) in [5.74, 6) is -0.274. The topological polar surface area (TPSA) is 88.9 Å². The molecule has 5 aromatic rings. The zero-order valence-electron chi connectivity index (χ0n) is 19.7. The number of rotatable bonds is 4. The smallest absolute Gasteiger partial charge is 0.228 e. The van der Waals surface area contributed by atoms with E-state index in [9.17, 15) is 9.59 Å². The van der Waals surface area contributed by atoms with Crippen LogP contribution in [-0.2, 0) is 6.42 Å². The second kappa shape index (κ2) is 8.74. The van der Waals surface area contributed by atoms with Crippen LogP contribution in [-0.4, -0.2) is 21.1 Å². The van der Waals surface area contributed by atoms with Crippen LogP contribution in [0.4, 0.5) is 0 Å². The van der Waals surface area contributed by atoms with Crippen LogP contribution >= 0.6 is 11.6 Å². The lowest BCUT2D eigenvalue weighted by atomic mass is 10.0. The zero-order valence-corrected chi connectivity index (χ0v) is 20.4. The normalized spacial score (nSPS) is 13.9. The Morgan fingerprint density at radius 2 is 1.70 bits per heavy atom. The Kier molecular flexibility index (Phi) is 5.36. The lowest BCUT2D eigenvalue weighted by Crippen LogP contribution is -2.03. The van der Waals surface area contributed by atoms with Crippen LogP contribution in [0, 0.1) is 11.3 Å². The Morgan fingerprint density at radius 1 is 1.00 bits per heavy atom. The predicted octanol–water partition coefficient (Wildman–Crippen LogP) is 6.84. The predicted molar refractivity (Wildman–Crippen MR) is 141 cm³/mol. The van der Waals surface area contributed by atoms with E-state index in [1.54, 1.807) is 48.5 Å². The number of fused-ring (bicyclic) bond motifs is 2. The summed E-state index contributed by atoms with van der Waals surface area (Å²) < 4.78 is 7.92. The lowest BCUT2D eigenvalue weighted by molar-refractivity contribution is 0.0990. The number of halogens is 1. The second-order valence-electron chi connectivity index (χ2n) is 8.70. The molecule has 0 bridgehead atoms. The van der Waals surface area contributed by atoms with Gasteiger partial charge in [-0.15, -0.1) is 0 Å². The van der Waals surface area contributed by atoms with Crippen molar-refractivity contribution in [3.63, 3.8) is 0 Å². The number of ketones is 2. The maximum atomic E-state index is 13.3. The molecule has 0 atom stereocenters. The van der Waals surface area contributed by atoms with E-state index in [1.807, 2.05) is 41.8 Å². The number of hydrogen-bond acceptors (Lipinski definition) is 5. The molecule has 0 saturated carbocycles. The number of nitriles is 1. The number of oxazole rings is 1. The molecule has 1 aliphatic rings. The molecule has 6 rings (SSSR count). The van der Waals surface area contributed by atoms with Crippen molar-refractivity contribution in [1.82, 2.24) is 9.55 Å². The van der Waals surface area contributed by atoms with Crippen LogP contribution in [0.5, 0.6) is 0 Å². The van der Waals surface area contributed by atoms with E-state index in [-0.39, 0.29) is 17.1 Å². The fourth-order valence-electron chi connectivity index (χ4n) is 4.60. The molecule has 6 nitrogen and oxygen atoms in total. The Morgan fingerprint density at radius 3 is 2.38 bits per heavy atom. The van der Waals surface area contributed by atoms with E-state index >= 15 is 0 Å². The van der Waals surface area contributed by atoms with Crippen LogP contribution in [0.3, 0.4) is 0 Å². The van der Waals surface area contributed by atoms with Crippen molar-refractivity contribution in [2.75, 3.05) is 0 Å². The molecular formula is C30H18ClN3O3. The SMILES string of the molecule is CCc1cc2c(cc1Cl)C(=O)/C(=C/c1cc3oc(-c4ccc(C#N)cc4)nc3n1-c1ccccc1)C2=O. The fourth-order valence-corrected chi connectivity index (χ4v) is 4.90. The fraction of sp³-hybridized carbons (Fsp3) is 0.0667. The number of allylic oxidation sites excluding steroid dienone is 1. The Bertz CT molecular complexity index is 1800. The molecule has 178 valence electrons. The summed E-state index contributed by atoms with van der Waals surface area (Å²) in [5, 5.41) is 9.55. The van der Waals surface area contributed by atoms with Gasteiger partial charge in [0.25, 0.3) is 0 Å². The zero-order chi connectivity index (χ0) is 25.7. The largest absolute Gasteiger partial charge is 0.434 e. The summed E-state index contributed by atoms with van der Waals surface area (Å²) in [7, 11) is 0. The molecule has 2 aromatic heterocycles. The van der Waals surface area contributed by atoms with Crippen molar-refractivity contribution >= 4 is 40.5 Å². The molecule has 0 unspecified atom stereocenters. The third-order valence-electron chi connectivity index (χ3n) is 6.50. The van der Waals surface area contributed by atoms with E-state index in [2.05, 4.69) is 6.07 Å². The molecule has 0 N–H and O–H groups in total. The highest BCUT2D eigenvalue weighted by molar-refractivity contribution is 6.42. The molecule has 0 aliphatic heterocycles. The van der Waals surface area contributed by atoms with Crippen LogP contribution in [0.15, 0.2) is 82.8 Å². The maximum Gasteiger partial charge on any atom is 0.228 e. The van der Waals surface area contributed by atoms with Crippen molar-refractivity contribution in [3.05, 3.63) is 111 Å². The molecule has 2 heterocycles. The minimum absolute atomic E-state index is 0.0731. The molecule has 0 fully saturated rings.